The average molecular weight is 436 g/mol. The molecule has 2 aromatic rings. The van der Waals surface area contributed by atoms with E-state index in [4.69, 9.17) is 10.5 Å². The summed E-state index contributed by atoms with van der Waals surface area (Å²) >= 11 is 0. The lowest BCUT2D eigenvalue weighted by Gasteiger charge is -2.32. The van der Waals surface area contributed by atoms with E-state index in [-0.39, 0.29) is 18.8 Å². The van der Waals surface area contributed by atoms with Gasteiger partial charge in [0.25, 0.3) is 0 Å². The summed E-state index contributed by atoms with van der Waals surface area (Å²) in [5.74, 6) is 6.22. The van der Waals surface area contributed by atoms with Crippen LogP contribution in [0.5, 0.6) is 0 Å². The maximum atomic E-state index is 10.6. The van der Waals surface area contributed by atoms with Gasteiger partial charge in [0.2, 0.25) is 0 Å². The van der Waals surface area contributed by atoms with Crippen LogP contribution in [-0.2, 0) is 11.2 Å². The summed E-state index contributed by atoms with van der Waals surface area (Å²) in [4.78, 5) is 0. The molecule has 0 amide bonds. The molecular weight excluding hydrogens is 402 g/mol. The van der Waals surface area contributed by atoms with Gasteiger partial charge in [-0.2, -0.15) is 0 Å². The molecule has 3 atom stereocenters. The highest BCUT2D eigenvalue weighted by Crippen LogP contribution is 2.33. The number of nitrogens with two attached hydrogens (primary N) is 1. The normalized spacial score (nSPS) is 25.0. The van der Waals surface area contributed by atoms with Crippen molar-refractivity contribution in [2.75, 3.05) is 12.3 Å². The molecule has 32 heavy (non-hydrogen) atoms. The number of ether oxygens (including phenoxy) is 1. The lowest BCUT2D eigenvalue weighted by molar-refractivity contribution is -0.113. The van der Waals surface area contributed by atoms with E-state index >= 15 is 0 Å². The molecule has 1 aliphatic carbocycles. The number of rotatable bonds is 4. The Labute approximate surface area is 190 Å². The first-order valence-corrected chi connectivity index (χ1v) is 11.6. The lowest BCUT2D eigenvalue weighted by Crippen LogP contribution is -2.33. The Kier molecular flexibility index (Phi) is 7.17. The van der Waals surface area contributed by atoms with Crippen LogP contribution in [0.3, 0.4) is 0 Å². The topological polar surface area (TPSA) is 95.9 Å². The SMILES string of the molecule is Nc1ccc([C@H]2CC(O)C[C@@H](CO)O2)cc1Cc1ccc(C#CC2(O)CCCCC2)cc1. The van der Waals surface area contributed by atoms with Crippen LogP contribution in [0, 0.1) is 11.8 Å². The number of benzene rings is 2. The third-order valence-corrected chi connectivity index (χ3v) is 6.59. The van der Waals surface area contributed by atoms with Crippen molar-refractivity contribution in [3.8, 4) is 11.8 Å². The monoisotopic (exact) mass is 435 g/mol. The molecule has 0 aromatic heterocycles. The van der Waals surface area contributed by atoms with Crippen molar-refractivity contribution in [3.05, 3.63) is 64.7 Å². The van der Waals surface area contributed by atoms with E-state index in [0.717, 1.165) is 47.9 Å². The van der Waals surface area contributed by atoms with Crippen LogP contribution in [0.1, 0.15) is 73.3 Å². The van der Waals surface area contributed by atoms with E-state index < -0.39 is 11.7 Å². The van der Waals surface area contributed by atoms with Gasteiger partial charge in [-0.05, 0) is 67.0 Å². The summed E-state index contributed by atoms with van der Waals surface area (Å²) in [5.41, 5.74) is 10.1. The molecule has 170 valence electrons. The van der Waals surface area contributed by atoms with E-state index in [0.29, 0.717) is 24.9 Å². The number of aliphatic hydroxyl groups is 3. The molecule has 1 heterocycles. The summed E-state index contributed by atoms with van der Waals surface area (Å²) in [6.45, 7) is -0.0952. The maximum Gasteiger partial charge on any atom is 0.125 e. The van der Waals surface area contributed by atoms with Crippen molar-refractivity contribution in [2.24, 2.45) is 0 Å². The number of nitrogen functional groups attached to an aromatic ring is 1. The highest BCUT2D eigenvalue weighted by molar-refractivity contribution is 5.51. The van der Waals surface area contributed by atoms with Crippen LogP contribution in [0.2, 0.25) is 0 Å². The molecule has 0 radical (unpaired) electrons. The van der Waals surface area contributed by atoms with Gasteiger partial charge >= 0.3 is 0 Å². The quantitative estimate of drug-likeness (QED) is 0.436. The smallest absolute Gasteiger partial charge is 0.125 e. The van der Waals surface area contributed by atoms with Gasteiger partial charge in [-0.15, -0.1) is 0 Å². The highest BCUT2D eigenvalue weighted by atomic mass is 16.5. The summed E-state index contributed by atoms with van der Waals surface area (Å²) in [6, 6.07) is 13.9. The minimum Gasteiger partial charge on any atom is -0.398 e. The first kappa shape index (κ1) is 22.8. The minimum atomic E-state index is -0.838. The lowest BCUT2D eigenvalue weighted by atomic mass is 9.85. The van der Waals surface area contributed by atoms with Crippen LogP contribution in [0.25, 0.3) is 0 Å². The molecular formula is C27H33NO4. The van der Waals surface area contributed by atoms with Crippen LogP contribution in [0.4, 0.5) is 5.69 Å². The Morgan fingerprint density at radius 2 is 1.78 bits per heavy atom. The fourth-order valence-electron chi connectivity index (χ4n) is 4.68. The first-order valence-electron chi connectivity index (χ1n) is 11.6. The molecule has 2 aliphatic rings. The molecule has 2 fully saturated rings. The summed E-state index contributed by atoms with van der Waals surface area (Å²) in [6.07, 6.45) is 5.35. The molecule has 1 unspecified atom stereocenters. The number of hydrogen-bond donors (Lipinski definition) is 4. The zero-order valence-electron chi connectivity index (χ0n) is 18.5. The van der Waals surface area contributed by atoms with E-state index in [1.807, 2.05) is 42.5 Å². The van der Waals surface area contributed by atoms with Crippen LogP contribution < -0.4 is 5.73 Å². The van der Waals surface area contributed by atoms with Gasteiger partial charge < -0.3 is 25.8 Å². The fraction of sp³-hybridized carbons (Fsp3) is 0.481. The molecule has 4 rings (SSSR count). The zero-order chi connectivity index (χ0) is 22.6. The molecule has 5 nitrogen and oxygen atoms in total. The first-order chi connectivity index (χ1) is 15.4. The van der Waals surface area contributed by atoms with Gasteiger partial charge in [-0.1, -0.05) is 42.5 Å². The standard InChI is InChI=1S/C27H33NO4/c28-25-9-8-21(26-17-23(30)16-24(18-29)32-26)15-22(25)14-20-6-4-19(5-7-20)10-13-27(31)11-2-1-3-12-27/h4-9,15,23-24,26,29-31H,1-3,11-12,14,16-18,28H2/t23?,24-,26+/m0/s1. The third kappa shape index (κ3) is 5.70. The molecule has 1 saturated carbocycles. The molecule has 0 spiro atoms. The Morgan fingerprint density at radius 1 is 1.03 bits per heavy atom. The second kappa shape index (κ2) is 10.1. The zero-order valence-corrected chi connectivity index (χ0v) is 18.5. The van der Waals surface area contributed by atoms with Crippen molar-refractivity contribution in [1.82, 2.24) is 0 Å². The van der Waals surface area contributed by atoms with Crippen LogP contribution >= 0.6 is 0 Å². The molecule has 0 bridgehead atoms. The summed E-state index contributed by atoms with van der Waals surface area (Å²) < 4.78 is 5.95. The second-order valence-corrected chi connectivity index (χ2v) is 9.23. The van der Waals surface area contributed by atoms with Crippen molar-refractivity contribution in [3.63, 3.8) is 0 Å². The van der Waals surface area contributed by atoms with Gasteiger partial charge in [-0.3, -0.25) is 0 Å². The van der Waals surface area contributed by atoms with E-state index in [1.165, 1.54) is 6.42 Å². The van der Waals surface area contributed by atoms with Crippen molar-refractivity contribution < 1.29 is 20.1 Å². The Hall–Kier alpha value is -2.36. The van der Waals surface area contributed by atoms with Crippen molar-refractivity contribution >= 4 is 5.69 Å². The fourth-order valence-corrected chi connectivity index (χ4v) is 4.68. The molecule has 5 heteroatoms. The predicted octanol–water partition coefficient (Wildman–Crippen LogP) is 3.48. The Morgan fingerprint density at radius 3 is 2.50 bits per heavy atom. The van der Waals surface area contributed by atoms with Crippen molar-refractivity contribution in [2.45, 2.75) is 75.3 Å². The molecule has 2 aromatic carbocycles. The third-order valence-electron chi connectivity index (χ3n) is 6.59. The maximum absolute atomic E-state index is 10.6. The van der Waals surface area contributed by atoms with Gasteiger partial charge in [0.05, 0.1) is 24.9 Å². The predicted molar refractivity (Wildman–Crippen MR) is 125 cm³/mol. The summed E-state index contributed by atoms with van der Waals surface area (Å²) in [7, 11) is 0. The van der Waals surface area contributed by atoms with Crippen LogP contribution in [-0.4, -0.2) is 39.7 Å². The van der Waals surface area contributed by atoms with Gasteiger partial charge in [-0.25, -0.2) is 0 Å². The number of anilines is 1. The van der Waals surface area contributed by atoms with Gasteiger partial charge in [0, 0.05) is 24.1 Å². The van der Waals surface area contributed by atoms with Gasteiger partial charge in [0.1, 0.15) is 5.60 Å². The van der Waals surface area contributed by atoms with E-state index in [1.54, 1.807) is 0 Å². The number of aliphatic hydroxyl groups excluding tert-OH is 2. The molecule has 1 aliphatic heterocycles. The highest BCUT2D eigenvalue weighted by Gasteiger charge is 2.29. The van der Waals surface area contributed by atoms with Crippen molar-refractivity contribution in [1.29, 1.82) is 0 Å². The molecule has 5 N–H and O–H groups in total. The summed E-state index contributed by atoms with van der Waals surface area (Å²) in [5, 5.41) is 30.1. The largest absolute Gasteiger partial charge is 0.398 e. The van der Waals surface area contributed by atoms with E-state index in [2.05, 4.69) is 11.8 Å². The van der Waals surface area contributed by atoms with Gasteiger partial charge in [0.15, 0.2) is 0 Å². The van der Waals surface area contributed by atoms with E-state index in [9.17, 15) is 15.3 Å². The Bertz CT molecular complexity index is 969. The Balaban J connectivity index is 1.45. The van der Waals surface area contributed by atoms with Crippen LogP contribution in [0.15, 0.2) is 42.5 Å². The average Bonchev–Trinajstić information content (AvgIpc) is 2.80. The second-order valence-electron chi connectivity index (χ2n) is 9.23. The molecule has 1 saturated heterocycles. The minimum absolute atomic E-state index is 0.0952. The number of hydrogen-bond acceptors (Lipinski definition) is 5.